The first-order valence-corrected chi connectivity index (χ1v) is 8.97. The van der Waals surface area contributed by atoms with Gasteiger partial charge < -0.3 is 25.4 Å². The average Bonchev–Trinajstić information content (AvgIpc) is 2.73. The fourth-order valence-corrected chi connectivity index (χ4v) is 2.76. The Morgan fingerprint density at radius 1 is 1.14 bits per heavy atom. The highest BCUT2D eigenvalue weighted by Gasteiger charge is 2.20. The van der Waals surface area contributed by atoms with Gasteiger partial charge in [-0.05, 0) is 18.2 Å². The number of nitrogens with one attached hydrogen (secondary N) is 3. The normalized spacial score (nSPS) is 15.6. The number of hydrogen-bond acceptors (Lipinski definition) is 6. The van der Waals surface area contributed by atoms with Gasteiger partial charge in [0.05, 0.1) is 11.5 Å². The Balaban J connectivity index is 1.40. The molecule has 28 heavy (non-hydrogen) atoms. The van der Waals surface area contributed by atoms with Crippen LogP contribution in [0.15, 0.2) is 53.5 Å². The summed E-state index contributed by atoms with van der Waals surface area (Å²) in [4.78, 5) is 14.8. The second kappa shape index (κ2) is 9.45. The number of nitro groups is 1. The van der Waals surface area contributed by atoms with Crippen LogP contribution in [0.3, 0.4) is 0 Å². The number of fused-ring (bicyclic) bond motifs is 1. The highest BCUT2D eigenvalue weighted by atomic mass is 16.6. The second-order valence-corrected chi connectivity index (χ2v) is 6.08. The molecule has 3 rings (SSSR count). The quantitative estimate of drug-likeness (QED) is 0.220. The van der Waals surface area contributed by atoms with E-state index in [-0.39, 0.29) is 11.8 Å². The summed E-state index contributed by atoms with van der Waals surface area (Å²) in [5.74, 6) is 2.10. The first-order valence-electron chi connectivity index (χ1n) is 8.97. The predicted molar refractivity (Wildman–Crippen MR) is 107 cm³/mol. The molecule has 0 aromatic heterocycles. The van der Waals surface area contributed by atoms with Gasteiger partial charge in [-0.3, -0.25) is 15.1 Å². The fraction of sp³-hybridized carbons (Fsp3) is 0.316. The number of ether oxygens (including phenoxy) is 2. The Hall–Kier alpha value is -3.49. The molecule has 1 heterocycles. The Bertz CT molecular complexity index is 843. The van der Waals surface area contributed by atoms with Gasteiger partial charge in [-0.25, -0.2) is 0 Å². The van der Waals surface area contributed by atoms with E-state index >= 15 is 0 Å². The number of rotatable bonds is 7. The van der Waals surface area contributed by atoms with Gasteiger partial charge in [0.25, 0.3) is 5.69 Å². The Kier molecular flexibility index (Phi) is 6.50. The van der Waals surface area contributed by atoms with Crippen molar-refractivity contribution in [1.29, 1.82) is 0 Å². The van der Waals surface area contributed by atoms with Crippen molar-refractivity contribution >= 4 is 17.3 Å². The molecule has 0 aliphatic carbocycles. The molecule has 3 N–H and O–H groups in total. The van der Waals surface area contributed by atoms with E-state index in [2.05, 4.69) is 20.9 Å². The SMILES string of the molecule is CN=C(NCCNc1ccccc1[N+](=O)[O-])NCC1COc2ccccc2O1. The maximum atomic E-state index is 11.0. The van der Waals surface area contributed by atoms with Crippen molar-refractivity contribution in [2.24, 2.45) is 4.99 Å². The molecule has 2 aromatic rings. The Morgan fingerprint density at radius 3 is 2.68 bits per heavy atom. The lowest BCUT2D eigenvalue weighted by Gasteiger charge is -2.27. The Morgan fingerprint density at radius 2 is 1.89 bits per heavy atom. The minimum absolute atomic E-state index is 0.0553. The van der Waals surface area contributed by atoms with Crippen molar-refractivity contribution in [2.45, 2.75) is 6.10 Å². The van der Waals surface area contributed by atoms with Crippen molar-refractivity contribution in [3.05, 3.63) is 58.6 Å². The van der Waals surface area contributed by atoms with Crippen molar-refractivity contribution in [3.8, 4) is 11.5 Å². The van der Waals surface area contributed by atoms with Crippen molar-refractivity contribution in [2.75, 3.05) is 38.6 Å². The molecule has 0 spiro atoms. The van der Waals surface area contributed by atoms with Crippen LogP contribution < -0.4 is 25.4 Å². The van der Waals surface area contributed by atoms with Crippen LogP contribution in [0.1, 0.15) is 0 Å². The molecule has 1 unspecified atom stereocenters. The van der Waals surface area contributed by atoms with Gasteiger partial charge in [0.15, 0.2) is 17.5 Å². The monoisotopic (exact) mass is 385 g/mol. The summed E-state index contributed by atoms with van der Waals surface area (Å²) in [5.41, 5.74) is 0.545. The van der Waals surface area contributed by atoms with E-state index in [1.807, 2.05) is 24.3 Å². The number of aliphatic imine (C=N–C) groups is 1. The van der Waals surface area contributed by atoms with Crippen LogP contribution >= 0.6 is 0 Å². The smallest absolute Gasteiger partial charge is 0.292 e. The molecular weight excluding hydrogens is 362 g/mol. The molecule has 1 aliphatic rings. The van der Waals surface area contributed by atoms with Gasteiger partial charge in [-0.1, -0.05) is 24.3 Å². The van der Waals surface area contributed by atoms with E-state index < -0.39 is 4.92 Å². The summed E-state index contributed by atoms with van der Waals surface area (Å²) in [5, 5.41) is 20.4. The molecular formula is C19H23N5O4. The molecule has 0 amide bonds. The number of nitro benzene ring substituents is 1. The summed E-state index contributed by atoms with van der Waals surface area (Å²) in [6.07, 6.45) is -0.126. The standard InChI is InChI=1S/C19H23N5O4/c1-20-19(22-11-10-21-15-6-2-3-7-16(15)24(25)26)23-12-14-13-27-17-8-4-5-9-18(17)28-14/h2-9,14,21H,10-13H2,1H3,(H2,20,22,23). The Labute approximate surface area is 162 Å². The first kappa shape index (κ1) is 19.3. The van der Waals surface area contributed by atoms with Gasteiger partial charge >= 0.3 is 0 Å². The van der Waals surface area contributed by atoms with E-state index in [0.717, 1.165) is 11.5 Å². The molecule has 0 saturated heterocycles. The summed E-state index contributed by atoms with van der Waals surface area (Å²) < 4.78 is 11.6. The van der Waals surface area contributed by atoms with Crippen LogP contribution in [0.25, 0.3) is 0 Å². The van der Waals surface area contributed by atoms with E-state index in [1.54, 1.807) is 25.2 Å². The third-order valence-electron chi connectivity index (χ3n) is 4.12. The molecule has 0 saturated carbocycles. The fourth-order valence-electron chi connectivity index (χ4n) is 2.76. The first-order chi connectivity index (χ1) is 13.7. The molecule has 148 valence electrons. The third kappa shape index (κ3) is 5.03. The van der Waals surface area contributed by atoms with E-state index in [4.69, 9.17) is 9.47 Å². The topological polar surface area (TPSA) is 110 Å². The molecule has 0 bridgehead atoms. The summed E-state index contributed by atoms with van der Waals surface area (Å²) >= 11 is 0. The lowest BCUT2D eigenvalue weighted by Crippen LogP contribution is -2.46. The highest BCUT2D eigenvalue weighted by molar-refractivity contribution is 5.79. The van der Waals surface area contributed by atoms with Crippen LogP contribution in [0.2, 0.25) is 0 Å². The molecule has 9 heteroatoms. The average molecular weight is 385 g/mol. The summed E-state index contributed by atoms with van der Waals surface area (Å²) in [6.45, 7) is 2.03. The van der Waals surface area contributed by atoms with Crippen molar-refractivity contribution < 1.29 is 14.4 Å². The molecule has 1 atom stereocenters. The summed E-state index contributed by atoms with van der Waals surface area (Å²) in [7, 11) is 1.68. The van der Waals surface area contributed by atoms with Crippen LogP contribution in [0.4, 0.5) is 11.4 Å². The summed E-state index contributed by atoms with van der Waals surface area (Å²) in [6, 6.07) is 14.1. The molecule has 0 radical (unpaired) electrons. The number of guanidine groups is 1. The van der Waals surface area contributed by atoms with Crippen LogP contribution in [0, 0.1) is 10.1 Å². The maximum absolute atomic E-state index is 11.0. The van der Waals surface area contributed by atoms with Gasteiger partial charge in [0, 0.05) is 26.2 Å². The zero-order chi connectivity index (χ0) is 19.8. The number of anilines is 1. The zero-order valence-electron chi connectivity index (χ0n) is 15.6. The van der Waals surface area contributed by atoms with Crippen LogP contribution in [-0.4, -0.2) is 50.3 Å². The number of hydrogen-bond donors (Lipinski definition) is 3. The number of para-hydroxylation sites is 4. The van der Waals surface area contributed by atoms with Gasteiger partial charge in [-0.2, -0.15) is 0 Å². The van der Waals surface area contributed by atoms with Crippen LogP contribution in [-0.2, 0) is 0 Å². The zero-order valence-corrected chi connectivity index (χ0v) is 15.6. The highest BCUT2D eigenvalue weighted by Crippen LogP contribution is 2.30. The van der Waals surface area contributed by atoms with Crippen molar-refractivity contribution in [3.63, 3.8) is 0 Å². The van der Waals surface area contributed by atoms with E-state index in [0.29, 0.717) is 37.9 Å². The molecule has 9 nitrogen and oxygen atoms in total. The third-order valence-corrected chi connectivity index (χ3v) is 4.12. The predicted octanol–water partition coefficient (Wildman–Crippen LogP) is 2.01. The molecule has 2 aromatic carbocycles. The van der Waals surface area contributed by atoms with E-state index in [1.165, 1.54) is 6.07 Å². The minimum atomic E-state index is -0.402. The van der Waals surface area contributed by atoms with Crippen molar-refractivity contribution in [1.82, 2.24) is 10.6 Å². The van der Waals surface area contributed by atoms with E-state index in [9.17, 15) is 10.1 Å². The second-order valence-electron chi connectivity index (χ2n) is 6.08. The number of nitrogens with zero attached hydrogens (tertiary/aromatic N) is 2. The van der Waals surface area contributed by atoms with Gasteiger partial charge in [0.2, 0.25) is 0 Å². The van der Waals surface area contributed by atoms with Gasteiger partial charge in [-0.15, -0.1) is 0 Å². The molecule has 0 fully saturated rings. The largest absolute Gasteiger partial charge is 0.486 e. The lowest BCUT2D eigenvalue weighted by molar-refractivity contribution is -0.384. The minimum Gasteiger partial charge on any atom is -0.486 e. The lowest BCUT2D eigenvalue weighted by atomic mass is 10.2. The maximum Gasteiger partial charge on any atom is 0.292 e. The molecule has 1 aliphatic heterocycles. The van der Waals surface area contributed by atoms with Gasteiger partial charge in [0.1, 0.15) is 18.4 Å². The van der Waals surface area contributed by atoms with Crippen LogP contribution in [0.5, 0.6) is 11.5 Å². The number of benzene rings is 2.